The van der Waals surface area contributed by atoms with E-state index in [1.54, 1.807) is 24.3 Å². The first-order chi connectivity index (χ1) is 12.8. The van der Waals surface area contributed by atoms with Gasteiger partial charge in [0.1, 0.15) is 5.75 Å². The first-order valence-electron chi connectivity index (χ1n) is 8.65. The Bertz CT molecular complexity index is 897. The monoisotopic (exact) mass is 384 g/mol. The Morgan fingerprint density at radius 3 is 2.44 bits per heavy atom. The summed E-state index contributed by atoms with van der Waals surface area (Å²) in [6, 6.07) is 8.32. The van der Waals surface area contributed by atoms with Crippen molar-refractivity contribution in [1.29, 1.82) is 0 Å². The molecule has 0 radical (unpaired) electrons. The van der Waals surface area contributed by atoms with E-state index in [2.05, 4.69) is 0 Å². The first kappa shape index (κ1) is 20.8. The molecule has 0 saturated carbocycles. The highest BCUT2D eigenvalue weighted by Crippen LogP contribution is 2.31. The fourth-order valence-electron chi connectivity index (χ4n) is 2.92. The molecule has 142 valence electrons. The highest BCUT2D eigenvalue weighted by Gasteiger charge is 2.19. The third-order valence-electron chi connectivity index (χ3n) is 4.08. The molecule has 0 unspecified atom stereocenters. The van der Waals surface area contributed by atoms with Crippen LogP contribution in [0.15, 0.2) is 41.3 Å². The highest BCUT2D eigenvalue weighted by molar-refractivity contribution is 7.98. The van der Waals surface area contributed by atoms with Gasteiger partial charge in [0.15, 0.2) is 5.78 Å². The standard InChI is InChI=1S/C22H24O4S/c1-13(2)26-22(25)20-14(3)12-16(21(27-5)15(20)4)10-11-19(24)17-8-6-7-9-18(17)23/h6-13,23H,1-5H3. The molecule has 2 aromatic rings. The molecule has 0 aliphatic carbocycles. The molecule has 27 heavy (non-hydrogen) atoms. The summed E-state index contributed by atoms with van der Waals surface area (Å²) >= 11 is 1.51. The number of rotatable bonds is 6. The van der Waals surface area contributed by atoms with Crippen LogP contribution in [0.1, 0.15) is 51.3 Å². The lowest BCUT2D eigenvalue weighted by Crippen LogP contribution is -2.15. The van der Waals surface area contributed by atoms with Crippen LogP contribution in [-0.2, 0) is 4.74 Å². The van der Waals surface area contributed by atoms with E-state index in [1.807, 2.05) is 40.0 Å². The molecule has 0 saturated heterocycles. The Labute approximate surface area is 164 Å². The van der Waals surface area contributed by atoms with Crippen LogP contribution in [0.3, 0.4) is 0 Å². The summed E-state index contributed by atoms with van der Waals surface area (Å²) in [5, 5.41) is 9.83. The lowest BCUT2D eigenvalue weighted by atomic mass is 9.98. The van der Waals surface area contributed by atoms with Gasteiger partial charge in [-0.25, -0.2) is 4.79 Å². The Hall–Kier alpha value is -2.53. The van der Waals surface area contributed by atoms with Crippen molar-refractivity contribution in [2.24, 2.45) is 0 Å². The number of carbonyl (C=O) groups excluding carboxylic acids is 2. The summed E-state index contributed by atoms with van der Waals surface area (Å²) in [7, 11) is 0. The summed E-state index contributed by atoms with van der Waals surface area (Å²) in [6.45, 7) is 7.38. The normalized spacial score (nSPS) is 11.2. The number of para-hydroxylation sites is 1. The zero-order valence-corrected chi connectivity index (χ0v) is 17.0. The number of aryl methyl sites for hydroxylation is 1. The van der Waals surface area contributed by atoms with Crippen molar-refractivity contribution in [3.8, 4) is 5.75 Å². The SMILES string of the molecule is CSc1c(C=CC(=O)c2ccccc2O)cc(C)c(C(=O)OC(C)C)c1C. The van der Waals surface area contributed by atoms with Gasteiger partial charge >= 0.3 is 5.97 Å². The average Bonchev–Trinajstić information content (AvgIpc) is 2.59. The number of aromatic hydroxyl groups is 1. The van der Waals surface area contributed by atoms with Crippen LogP contribution < -0.4 is 0 Å². The Balaban J connectivity index is 2.42. The minimum atomic E-state index is -0.337. The number of benzene rings is 2. The molecule has 1 N–H and O–H groups in total. The van der Waals surface area contributed by atoms with E-state index in [0.29, 0.717) is 5.56 Å². The van der Waals surface area contributed by atoms with Crippen LogP contribution in [0.5, 0.6) is 5.75 Å². The van der Waals surface area contributed by atoms with Gasteiger partial charge in [-0.3, -0.25) is 4.79 Å². The Kier molecular flexibility index (Phi) is 6.86. The van der Waals surface area contributed by atoms with E-state index < -0.39 is 0 Å². The van der Waals surface area contributed by atoms with Crippen LogP contribution in [-0.4, -0.2) is 29.2 Å². The van der Waals surface area contributed by atoms with Crippen molar-refractivity contribution in [2.75, 3.05) is 6.26 Å². The molecule has 5 heteroatoms. The second-order valence-electron chi connectivity index (χ2n) is 6.48. The van der Waals surface area contributed by atoms with Crippen LogP contribution >= 0.6 is 11.8 Å². The van der Waals surface area contributed by atoms with Gasteiger partial charge < -0.3 is 9.84 Å². The first-order valence-corrected chi connectivity index (χ1v) is 9.88. The molecule has 2 aromatic carbocycles. The fraction of sp³-hybridized carbons (Fsp3) is 0.273. The van der Waals surface area contributed by atoms with E-state index in [9.17, 15) is 14.7 Å². The predicted molar refractivity (Wildman–Crippen MR) is 110 cm³/mol. The number of ether oxygens (including phenoxy) is 1. The van der Waals surface area contributed by atoms with E-state index in [0.717, 1.165) is 21.6 Å². The summed E-state index contributed by atoms with van der Waals surface area (Å²) in [5.41, 5.74) is 3.30. The number of phenols is 1. The van der Waals surface area contributed by atoms with Crippen LogP contribution in [0.25, 0.3) is 6.08 Å². The predicted octanol–water partition coefficient (Wildman–Crippen LogP) is 5.19. The third kappa shape index (κ3) is 4.80. The lowest BCUT2D eigenvalue weighted by Gasteiger charge is -2.16. The molecule has 0 spiro atoms. The van der Waals surface area contributed by atoms with Crippen molar-refractivity contribution >= 4 is 29.6 Å². The molecule has 0 aliphatic rings. The quantitative estimate of drug-likeness (QED) is 0.321. The topological polar surface area (TPSA) is 63.6 Å². The smallest absolute Gasteiger partial charge is 0.338 e. The molecule has 0 bridgehead atoms. The van der Waals surface area contributed by atoms with Gasteiger partial charge in [0.25, 0.3) is 0 Å². The fourth-order valence-corrected chi connectivity index (χ4v) is 3.69. The van der Waals surface area contributed by atoms with Gasteiger partial charge in [-0.05, 0) is 74.9 Å². The molecular weight excluding hydrogens is 360 g/mol. The molecule has 4 nitrogen and oxygen atoms in total. The van der Waals surface area contributed by atoms with Crippen molar-refractivity contribution in [2.45, 2.75) is 38.7 Å². The number of thioether (sulfide) groups is 1. The molecule has 0 amide bonds. The van der Waals surface area contributed by atoms with Gasteiger partial charge in [-0.15, -0.1) is 11.8 Å². The number of phenolic OH excluding ortho intramolecular Hbond substituents is 1. The molecule has 0 heterocycles. The Morgan fingerprint density at radius 1 is 1.19 bits per heavy atom. The number of hydrogen-bond donors (Lipinski definition) is 1. The van der Waals surface area contributed by atoms with Gasteiger partial charge in [0, 0.05) is 4.90 Å². The zero-order chi connectivity index (χ0) is 20.1. The summed E-state index contributed by atoms with van der Waals surface area (Å²) in [5.74, 6) is -0.661. The van der Waals surface area contributed by atoms with Crippen LogP contribution in [0, 0.1) is 13.8 Å². The largest absolute Gasteiger partial charge is 0.507 e. The van der Waals surface area contributed by atoms with Crippen molar-refractivity contribution in [3.05, 3.63) is 64.2 Å². The van der Waals surface area contributed by atoms with E-state index in [-0.39, 0.29) is 29.2 Å². The van der Waals surface area contributed by atoms with Crippen LogP contribution in [0.2, 0.25) is 0 Å². The van der Waals surface area contributed by atoms with Crippen molar-refractivity contribution < 1.29 is 19.4 Å². The minimum Gasteiger partial charge on any atom is -0.507 e. The van der Waals surface area contributed by atoms with Gasteiger partial charge in [-0.1, -0.05) is 18.2 Å². The summed E-state index contributed by atoms with van der Waals surface area (Å²) in [6.07, 6.45) is 4.90. The number of hydrogen-bond acceptors (Lipinski definition) is 5. The molecule has 0 fully saturated rings. The molecule has 0 aliphatic heterocycles. The molecule has 0 aromatic heterocycles. The highest BCUT2D eigenvalue weighted by atomic mass is 32.2. The summed E-state index contributed by atoms with van der Waals surface area (Å²) < 4.78 is 5.36. The van der Waals surface area contributed by atoms with E-state index >= 15 is 0 Å². The number of ketones is 1. The summed E-state index contributed by atoms with van der Waals surface area (Å²) in [4.78, 5) is 25.7. The zero-order valence-electron chi connectivity index (χ0n) is 16.2. The minimum absolute atomic E-state index is 0.0450. The second kappa shape index (κ2) is 8.91. The third-order valence-corrected chi connectivity index (χ3v) is 5.03. The second-order valence-corrected chi connectivity index (χ2v) is 7.30. The maximum Gasteiger partial charge on any atom is 0.338 e. The number of carbonyl (C=O) groups is 2. The molecular formula is C22H24O4S. The van der Waals surface area contributed by atoms with Crippen LogP contribution in [0.4, 0.5) is 0 Å². The van der Waals surface area contributed by atoms with Gasteiger partial charge in [0.05, 0.1) is 17.2 Å². The molecule has 0 atom stereocenters. The van der Waals surface area contributed by atoms with E-state index in [1.165, 1.54) is 23.9 Å². The lowest BCUT2D eigenvalue weighted by molar-refractivity contribution is 0.0375. The van der Waals surface area contributed by atoms with Crippen molar-refractivity contribution in [1.82, 2.24) is 0 Å². The Morgan fingerprint density at radius 2 is 1.85 bits per heavy atom. The van der Waals surface area contributed by atoms with E-state index in [4.69, 9.17) is 4.74 Å². The molecule has 2 rings (SSSR count). The maximum atomic E-state index is 12.4. The van der Waals surface area contributed by atoms with Crippen molar-refractivity contribution in [3.63, 3.8) is 0 Å². The van der Waals surface area contributed by atoms with Gasteiger partial charge in [0.2, 0.25) is 0 Å². The average molecular weight is 384 g/mol. The van der Waals surface area contributed by atoms with Gasteiger partial charge in [-0.2, -0.15) is 0 Å². The maximum absolute atomic E-state index is 12.4. The number of esters is 1. The number of allylic oxidation sites excluding steroid dienone is 1.